The van der Waals surface area contributed by atoms with Crippen LogP contribution in [0, 0.1) is 11.3 Å². The minimum Gasteiger partial charge on any atom is -0.475 e. The summed E-state index contributed by atoms with van der Waals surface area (Å²) in [5.41, 5.74) is 4.35. The van der Waals surface area contributed by atoms with Crippen molar-refractivity contribution in [2.75, 3.05) is 38.1 Å². The molecule has 1 unspecified atom stereocenters. The lowest BCUT2D eigenvalue weighted by Crippen LogP contribution is -2.45. The SMILES string of the molecule is CN1CCN(c2ncc3c(n2)CCC(NCc2cccc(C#N)c2)C3)CC1.O=C(O)C(F)(F)F.O=C(O)C(F)(F)F.O=C(O)C(F)(F)F. The molecule has 0 amide bonds. The number of benzene rings is 1. The third-order valence-corrected chi connectivity index (χ3v) is 6.30. The van der Waals surface area contributed by atoms with Crippen LogP contribution in [0.15, 0.2) is 30.5 Å². The smallest absolute Gasteiger partial charge is 0.475 e. The Morgan fingerprint density at radius 3 is 1.88 bits per heavy atom. The van der Waals surface area contributed by atoms with Crippen molar-refractivity contribution in [1.29, 1.82) is 5.26 Å². The number of halogens is 9. The molecule has 1 saturated heterocycles. The molecule has 4 N–H and O–H groups in total. The zero-order valence-corrected chi connectivity index (χ0v) is 24.8. The fraction of sp³-hybridized carbons (Fsp3) is 0.481. The van der Waals surface area contributed by atoms with Crippen molar-refractivity contribution in [1.82, 2.24) is 20.2 Å². The number of carboxylic acid groups (broad SMARTS) is 3. The van der Waals surface area contributed by atoms with E-state index in [9.17, 15) is 39.5 Å². The van der Waals surface area contributed by atoms with Crippen LogP contribution in [-0.4, -0.2) is 106 Å². The summed E-state index contributed by atoms with van der Waals surface area (Å²) >= 11 is 0. The highest BCUT2D eigenvalue weighted by molar-refractivity contribution is 5.73. The van der Waals surface area contributed by atoms with Crippen LogP contribution in [0.3, 0.4) is 0 Å². The van der Waals surface area contributed by atoms with Gasteiger partial charge < -0.3 is 30.4 Å². The first-order valence-electron chi connectivity index (χ1n) is 13.5. The number of aryl methyl sites for hydroxylation is 1. The number of likely N-dealkylation sites (N-methyl/N-ethyl adjacent to an activating group) is 1. The molecule has 1 aromatic carbocycles. The first kappa shape index (κ1) is 41.3. The number of nitriles is 1. The van der Waals surface area contributed by atoms with Crippen molar-refractivity contribution in [3.8, 4) is 6.07 Å². The molecular formula is C27H29F9N6O6. The molecule has 1 fully saturated rings. The normalized spacial score (nSPS) is 16.3. The van der Waals surface area contributed by atoms with E-state index < -0.39 is 36.4 Å². The number of nitrogens with zero attached hydrogens (tertiary/aromatic N) is 5. The van der Waals surface area contributed by atoms with E-state index in [1.54, 1.807) is 0 Å². The first-order chi connectivity index (χ1) is 22.0. The van der Waals surface area contributed by atoms with E-state index in [1.807, 2.05) is 24.4 Å². The molecule has 2 aliphatic rings. The predicted molar refractivity (Wildman–Crippen MR) is 147 cm³/mol. The number of carbonyl (C=O) groups is 3. The third kappa shape index (κ3) is 15.3. The number of hydrogen-bond donors (Lipinski definition) is 4. The number of nitrogens with one attached hydrogen (secondary N) is 1. The molecule has 4 rings (SSSR count). The van der Waals surface area contributed by atoms with Crippen LogP contribution in [0.4, 0.5) is 45.5 Å². The summed E-state index contributed by atoms with van der Waals surface area (Å²) in [5.74, 6) is -7.38. The summed E-state index contributed by atoms with van der Waals surface area (Å²) in [6, 6.07) is 10.4. The number of carboxylic acids is 3. The molecule has 0 saturated carbocycles. The molecule has 12 nitrogen and oxygen atoms in total. The molecule has 2 heterocycles. The molecular weight excluding hydrogens is 675 g/mol. The predicted octanol–water partition coefficient (Wildman–Crippen LogP) is 3.65. The lowest BCUT2D eigenvalue weighted by molar-refractivity contribution is -0.193. The molecule has 266 valence electrons. The number of aromatic nitrogens is 2. The van der Waals surface area contributed by atoms with Crippen LogP contribution < -0.4 is 10.2 Å². The Labute approximate surface area is 266 Å². The van der Waals surface area contributed by atoms with Crippen molar-refractivity contribution < 1.29 is 69.2 Å². The molecule has 21 heteroatoms. The number of fused-ring (bicyclic) bond motifs is 1. The van der Waals surface area contributed by atoms with E-state index in [2.05, 4.69) is 39.3 Å². The van der Waals surface area contributed by atoms with Gasteiger partial charge in [-0.3, -0.25) is 0 Å². The van der Waals surface area contributed by atoms with E-state index in [4.69, 9.17) is 39.9 Å². The first-order valence-corrected chi connectivity index (χ1v) is 13.5. The van der Waals surface area contributed by atoms with Gasteiger partial charge in [0.25, 0.3) is 0 Å². The highest BCUT2D eigenvalue weighted by atomic mass is 19.4. The second kappa shape index (κ2) is 18.0. The van der Waals surface area contributed by atoms with Gasteiger partial charge in [0.15, 0.2) is 0 Å². The molecule has 1 aliphatic heterocycles. The number of piperazine rings is 1. The molecule has 0 bridgehead atoms. The summed E-state index contributed by atoms with van der Waals surface area (Å²) in [7, 11) is 2.16. The van der Waals surface area contributed by atoms with Gasteiger partial charge >= 0.3 is 36.4 Å². The second-order valence-electron chi connectivity index (χ2n) is 9.97. The maximum atomic E-state index is 10.6. The van der Waals surface area contributed by atoms with Crippen LogP contribution in [0.2, 0.25) is 0 Å². The van der Waals surface area contributed by atoms with E-state index in [0.29, 0.717) is 11.6 Å². The van der Waals surface area contributed by atoms with Crippen molar-refractivity contribution in [3.63, 3.8) is 0 Å². The van der Waals surface area contributed by atoms with Crippen LogP contribution in [0.1, 0.15) is 28.8 Å². The van der Waals surface area contributed by atoms with Crippen LogP contribution in [0.5, 0.6) is 0 Å². The number of anilines is 1. The summed E-state index contributed by atoms with van der Waals surface area (Å²) in [6.45, 7) is 4.93. The molecule has 1 aromatic heterocycles. The molecule has 2 aromatic rings. The maximum Gasteiger partial charge on any atom is 0.490 e. The molecule has 0 spiro atoms. The maximum absolute atomic E-state index is 10.6. The monoisotopic (exact) mass is 704 g/mol. The lowest BCUT2D eigenvalue weighted by Gasteiger charge is -2.33. The zero-order valence-electron chi connectivity index (χ0n) is 24.8. The molecule has 1 aliphatic carbocycles. The third-order valence-electron chi connectivity index (χ3n) is 6.30. The second-order valence-corrected chi connectivity index (χ2v) is 9.97. The highest BCUT2D eigenvalue weighted by Crippen LogP contribution is 2.22. The van der Waals surface area contributed by atoms with Crippen molar-refractivity contribution in [3.05, 3.63) is 52.8 Å². The van der Waals surface area contributed by atoms with Gasteiger partial charge in [-0.05, 0) is 49.6 Å². The molecule has 48 heavy (non-hydrogen) atoms. The fourth-order valence-corrected chi connectivity index (χ4v) is 3.84. The summed E-state index contributed by atoms with van der Waals surface area (Å²) in [5, 5.41) is 34.0. The van der Waals surface area contributed by atoms with E-state index in [1.165, 1.54) is 11.3 Å². The lowest BCUT2D eigenvalue weighted by atomic mass is 9.92. The highest BCUT2D eigenvalue weighted by Gasteiger charge is 2.39. The van der Waals surface area contributed by atoms with Crippen LogP contribution in [0.25, 0.3) is 0 Å². The minimum absolute atomic E-state index is 0.432. The zero-order chi connectivity index (χ0) is 36.9. The van der Waals surface area contributed by atoms with Crippen LogP contribution in [-0.2, 0) is 33.8 Å². The van der Waals surface area contributed by atoms with E-state index in [-0.39, 0.29) is 0 Å². The van der Waals surface area contributed by atoms with Gasteiger partial charge in [0.2, 0.25) is 5.95 Å². The largest absolute Gasteiger partial charge is 0.490 e. The Kier molecular flexibility index (Phi) is 15.5. The quantitative estimate of drug-likeness (QED) is 0.340. The summed E-state index contributed by atoms with van der Waals surface area (Å²) in [6.07, 6.45) is -10.2. The van der Waals surface area contributed by atoms with Crippen LogP contribution >= 0.6 is 0 Å². The average molecular weight is 705 g/mol. The molecule has 0 radical (unpaired) electrons. The Balaban J connectivity index is 0.000000448. The topological polar surface area (TPSA) is 180 Å². The van der Waals surface area contributed by atoms with E-state index in [0.717, 1.165) is 63.5 Å². The summed E-state index contributed by atoms with van der Waals surface area (Å²) < 4.78 is 95.2. The Morgan fingerprint density at radius 1 is 0.917 bits per heavy atom. The van der Waals surface area contributed by atoms with Gasteiger partial charge in [-0.15, -0.1) is 0 Å². The van der Waals surface area contributed by atoms with Crippen molar-refractivity contribution in [2.45, 2.75) is 50.4 Å². The minimum atomic E-state index is -5.08. The number of hydrogen-bond acceptors (Lipinski definition) is 9. The summed E-state index contributed by atoms with van der Waals surface area (Å²) in [4.78, 5) is 40.8. The number of alkyl halides is 9. The Bertz CT molecular complexity index is 1370. The van der Waals surface area contributed by atoms with Crippen molar-refractivity contribution >= 4 is 23.9 Å². The van der Waals surface area contributed by atoms with Gasteiger partial charge in [0.1, 0.15) is 0 Å². The fourth-order valence-electron chi connectivity index (χ4n) is 3.84. The van der Waals surface area contributed by atoms with Gasteiger partial charge in [-0.25, -0.2) is 24.4 Å². The standard InChI is InChI=1S/C21H26N6.3C2HF3O2/c1-26-7-9-27(10-8-26)21-24-15-18-12-19(5-6-20(18)25-21)23-14-17-4-2-3-16(11-17)13-22;3*3-2(4,5)1(6)7/h2-4,11,15,19,23H,5-10,12,14H2,1H3;3*(H,6,7). The van der Waals surface area contributed by atoms with Gasteiger partial charge in [-0.1, -0.05) is 12.1 Å². The van der Waals surface area contributed by atoms with Gasteiger partial charge in [-0.2, -0.15) is 44.8 Å². The number of rotatable bonds is 4. The Morgan fingerprint density at radius 2 is 1.42 bits per heavy atom. The average Bonchev–Trinajstić information content (AvgIpc) is 2.99. The van der Waals surface area contributed by atoms with Gasteiger partial charge in [0, 0.05) is 50.7 Å². The Hall–Kier alpha value is -4.71. The molecule has 1 atom stereocenters. The van der Waals surface area contributed by atoms with E-state index >= 15 is 0 Å². The number of aliphatic carboxylic acids is 3. The van der Waals surface area contributed by atoms with Crippen molar-refractivity contribution in [2.24, 2.45) is 0 Å². The van der Waals surface area contributed by atoms with Gasteiger partial charge in [0.05, 0.1) is 11.6 Å².